The number of nitrogens with one attached hydrogen (secondary N) is 1. The number of benzene rings is 1. The summed E-state index contributed by atoms with van der Waals surface area (Å²) in [5.41, 5.74) is 0.881. The van der Waals surface area contributed by atoms with Gasteiger partial charge in [-0.2, -0.15) is 4.98 Å². The van der Waals surface area contributed by atoms with Gasteiger partial charge in [0.1, 0.15) is 0 Å². The van der Waals surface area contributed by atoms with Crippen LogP contribution in [0.25, 0.3) is 0 Å². The molecule has 110 valence electrons. The molecule has 1 atom stereocenters. The molecule has 0 spiro atoms. The summed E-state index contributed by atoms with van der Waals surface area (Å²) in [7, 11) is 1.90. The number of hydrogen-bond acceptors (Lipinski definition) is 4. The number of nitrogens with zero attached hydrogens (tertiary/aromatic N) is 2. The van der Waals surface area contributed by atoms with E-state index >= 15 is 0 Å². The van der Waals surface area contributed by atoms with Crippen LogP contribution >= 0.6 is 35.6 Å². The van der Waals surface area contributed by atoms with Crippen molar-refractivity contribution in [2.45, 2.75) is 25.8 Å². The highest BCUT2D eigenvalue weighted by atomic mass is 35.5. The highest BCUT2D eigenvalue weighted by Crippen LogP contribution is 2.22. The van der Waals surface area contributed by atoms with Gasteiger partial charge in [-0.25, -0.2) is 0 Å². The molecule has 1 N–H and O–H groups in total. The Morgan fingerprint density at radius 1 is 1.35 bits per heavy atom. The Bertz CT molecular complexity index is 560. The lowest BCUT2D eigenvalue weighted by atomic mass is 10.1. The molecule has 0 saturated heterocycles. The summed E-state index contributed by atoms with van der Waals surface area (Å²) in [5, 5.41) is 8.37. The van der Waals surface area contributed by atoms with Gasteiger partial charge in [-0.3, -0.25) is 0 Å². The Morgan fingerprint density at radius 3 is 2.80 bits per heavy atom. The van der Waals surface area contributed by atoms with E-state index in [4.69, 9.17) is 27.7 Å². The first-order valence-corrected chi connectivity index (χ1v) is 6.76. The van der Waals surface area contributed by atoms with Gasteiger partial charge in [0.2, 0.25) is 5.89 Å². The predicted molar refractivity (Wildman–Crippen MR) is 83.0 cm³/mol. The van der Waals surface area contributed by atoms with E-state index in [-0.39, 0.29) is 12.4 Å². The van der Waals surface area contributed by atoms with Crippen molar-refractivity contribution in [3.63, 3.8) is 0 Å². The smallest absolute Gasteiger partial charge is 0.231 e. The second-order valence-corrected chi connectivity index (χ2v) is 5.25. The molecule has 0 radical (unpaired) electrons. The Balaban J connectivity index is 0.00000200. The Labute approximate surface area is 134 Å². The van der Waals surface area contributed by atoms with Gasteiger partial charge in [-0.15, -0.1) is 12.4 Å². The Hall–Kier alpha value is -0.810. The van der Waals surface area contributed by atoms with Gasteiger partial charge in [0.05, 0.1) is 6.42 Å². The second kappa shape index (κ2) is 7.84. The molecule has 2 rings (SSSR count). The minimum atomic E-state index is 0. The van der Waals surface area contributed by atoms with Gasteiger partial charge in [0.25, 0.3) is 0 Å². The van der Waals surface area contributed by atoms with Crippen molar-refractivity contribution in [1.29, 1.82) is 0 Å². The van der Waals surface area contributed by atoms with Crippen molar-refractivity contribution in [3.05, 3.63) is 45.5 Å². The molecule has 0 aliphatic carbocycles. The van der Waals surface area contributed by atoms with Crippen molar-refractivity contribution < 1.29 is 4.52 Å². The summed E-state index contributed by atoms with van der Waals surface area (Å²) in [6.45, 7) is 2.06. The van der Waals surface area contributed by atoms with E-state index in [2.05, 4.69) is 22.4 Å². The first-order valence-electron chi connectivity index (χ1n) is 6.01. The van der Waals surface area contributed by atoms with Gasteiger partial charge >= 0.3 is 0 Å². The van der Waals surface area contributed by atoms with Crippen LogP contribution in [0.5, 0.6) is 0 Å². The zero-order chi connectivity index (χ0) is 13.8. The molecular formula is C13H16Cl3N3O. The Morgan fingerprint density at radius 2 is 2.10 bits per heavy atom. The highest BCUT2D eigenvalue weighted by molar-refractivity contribution is 6.33. The van der Waals surface area contributed by atoms with Crippen LogP contribution in [0.15, 0.2) is 22.7 Å². The molecule has 1 heterocycles. The second-order valence-electron chi connectivity index (χ2n) is 4.41. The minimum absolute atomic E-state index is 0. The third kappa shape index (κ3) is 4.63. The molecular weight excluding hydrogens is 321 g/mol. The summed E-state index contributed by atoms with van der Waals surface area (Å²) < 4.78 is 5.22. The maximum Gasteiger partial charge on any atom is 0.231 e. The number of likely N-dealkylation sites (N-methyl/N-ethyl adjacent to an activating group) is 1. The fraction of sp³-hybridized carbons (Fsp3) is 0.385. The lowest BCUT2D eigenvalue weighted by Crippen LogP contribution is -2.24. The molecule has 4 nitrogen and oxygen atoms in total. The normalized spacial score (nSPS) is 12.0. The zero-order valence-corrected chi connectivity index (χ0v) is 13.5. The highest BCUT2D eigenvalue weighted by Gasteiger charge is 2.11. The van der Waals surface area contributed by atoms with E-state index in [1.165, 1.54) is 0 Å². The molecule has 0 bridgehead atoms. The topological polar surface area (TPSA) is 51.0 Å². The SMILES string of the molecule is CNC(C)Cc1noc(Cc2cc(Cl)ccc2Cl)n1.Cl. The number of hydrogen-bond donors (Lipinski definition) is 1. The maximum atomic E-state index is 6.10. The third-order valence-electron chi connectivity index (χ3n) is 2.84. The largest absolute Gasteiger partial charge is 0.339 e. The van der Waals surface area contributed by atoms with Gasteiger partial charge < -0.3 is 9.84 Å². The van der Waals surface area contributed by atoms with E-state index < -0.39 is 0 Å². The standard InChI is InChI=1S/C13H15Cl2N3O.ClH/c1-8(16-2)5-12-17-13(19-18-12)7-9-6-10(14)3-4-11(9)15;/h3-4,6,8,16H,5,7H2,1-2H3;1H. The summed E-state index contributed by atoms with van der Waals surface area (Å²) in [5.74, 6) is 1.23. The molecule has 1 aromatic carbocycles. The molecule has 20 heavy (non-hydrogen) atoms. The van der Waals surface area contributed by atoms with Crippen LogP contribution < -0.4 is 5.32 Å². The summed E-state index contributed by atoms with van der Waals surface area (Å²) in [6.07, 6.45) is 1.21. The van der Waals surface area contributed by atoms with Gasteiger partial charge in [0.15, 0.2) is 5.82 Å². The van der Waals surface area contributed by atoms with E-state index in [0.717, 1.165) is 12.0 Å². The number of rotatable bonds is 5. The van der Waals surface area contributed by atoms with Crippen LogP contribution in [-0.4, -0.2) is 23.2 Å². The lowest BCUT2D eigenvalue weighted by Gasteiger charge is -2.04. The maximum absolute atomic E-state index is 6.10. The van der Waals surface area contributed by atoms with Crippen molar-refractivity contribution in [2.75, 3.05) is 7.05 Å². The first-order chi connectivity index (χ1) is 9.08. The van der Waals surface area contributed by atoms with E-state index in [0.29, 0.717) is 34.2 Å². The summed E-state index contributed by atoms with van der Waals surface area (Å²) in [4.78, 5) is 4.34. The van der Waals surface area contributed by atoms with Crippen LogP contribution in [0.3, 0.4) is 0 Å². The van der Waals surface area contributed by atoms with Crippen LogP contribution in [-0.2, 0) is 12.8 Å². The third-order valence-corrected chi connectivity index (χ3v) is 3.44. The average Bonchev–Trinajstić information content (AvgIpc) is 2.81. The van der Waals surface area contributed by atoms with Crippen LogP contribution in [0.2, 0.25) is 10.0 Å². The average molecular weight is 337 g/mol. The molecule has 0 amide bonds. The van der Waals surface area contributed by atoms with Gasteiger partial charge in [-0.1, -0.05) is 28.4 Å². The molecule has 1 aromatic heterocycles. The van der Waals surface area contributed by atoms with Crippen LogP contribution in [0, 0.1) is 0 Å². The fourth-order valence-corrected chi connectivity index (χ4v) is 2.04. The zero-order valence-electron chi connectivity index (χ0n) is 11.2. The van der Waals surface area contributed by atoms with Crippen molar-refractivity contribution >= 4 is 35.6 Å². The lowest BCUT2D eigenvalue weighted by molar-refractivity contribution is 0.377. The monoisotopic (exact) mass is 335 g/mol. The Kier molecular flexibility index (Phi) is 6.76. The van der Waals surface area contributed by atoms with Crippen LogP contribution in [0.1, 0.15) is 24.2 Å². The quantitative estimate of drug-likeness (QED) is 0.907. The van der Waals surface area contributed by atoms with Crippen molar-refractivity contribution in [2.24, 2.45) is 0 Å². The van der Waals surface area contributed by atoms with Gasteiger partial charge in [-0.05, 0) is 37.7 Å². The molecule has 1 unspecified atom stereocenters. The first kappa shape index (κ1) is 17.2. The van der Waals surface area contributed by atoms with E-state index in [1.807, 2.05) is 13.1 Å². The molecule has 2 aromatic rings. The number of aromatic nitrogens is 2. The fourth-order valence-electron chi connectivity index (χ4n) is 1.66. The predicted octanol–water partition coefficient (Wildman–Crippen LogP) is 3.54. The summed E-state index contributed by atoms with van der Waals surface area (Å²) in [6, 6.07) is 5.63. The van der Waals surface area contributed by atoms with Crippen molar-refractivity contribution in [1.82, 2.24) is 15.5 Å². The molecule has 0 fully saturated rings. The van der Waals surface area contributed by atoms with Crippen molar-refractivity contribution in [3.8, 4) is 0 Å². The molecule has 0 saturated carbocycles. The number of halogens is 3. The van der Waals surface area contributed by atoms with Gasteiger partial charge in [0, 0.05) is 22.5 Å². The van der Waals surface area contributed by atoms with E-state index in [9.17, 15) is 0 Å². The molecule has 7 heteroatoms. The minimum Gasteiger partial charge on any atom is -0.339 e. The van der Waals surface area contributed by atoms with E-state index in [1.54, 1.807) is 12.1 Å². The summed E-state index contributed by atoms with van der Waals surface area (Å²) >= 11 is 12.0. The van der Waals surface area contributed by atoms with Crippen LogP contribution in [0.4, 0.5) is 0 Å². The molecule has 0 aliphatic heterocycles. The molecule has 0 aliphatic rings.